The lowest BCUT2D eigenvalue weighted by atomic mass is 10.1. The van der Waals surface area contributed by atoms with Gasteiger partial charge < -0.3 is 19.9 Å². The van der Waals surface area contributed by atoms with Gasteiger partial charge in [0.15, 0.2) is 5.82 Å². The van der Waals surface area contributed by atoms with Crippen LogP contribution in [0.25, 0.3) is 11.0 Å². The van der Waals surface area contributed by atoms with E-state index in [1.807, 2.05) is 0 Å². The summed E-state index contributed by atoms with van der Waals surface area (Å²) in [6.07, 6.45) is 3.61. The smallest absolute Gasteiger partial charge is 0.225 e. The fourth-order valence-electron chi connectivity index (χ4n) is 4.07. The lowest BCUT2D eigenvalue weighted by molar-refractivity contribution is 0.311. The summed E-state index contributed by atoms with van der Waals surface area (Å²) < 4.78 is 11.8. The number of aliphatic hydroxyl groups is 1. The third-order valence-corrected chi connectivity index (χ3v) is 8.06. The second kappa shape index (κ2) is 9.15. The Kier molecular flexibility index (Phi) is 6.13. The number of aromatic nitrogens is 4. The number of fused-ring (bicyclic) bond motifs is 2. The summed E-state index contributed by atoms with van der Waals surface area (Å²) in [5.41, 5.74) is 4.25. The summed E-state index contributed by atoms with van der Waals surface area (Å²) in [5, 5.41) is 13.6. The monoisotopic (exact) mass is 456 g/mol. The van der Waals surface area contributed by atoms with Crippen molar-refractivity contribution in [1.82, 2.24) is 19.9 Å². The molecule has 0 radical (unpaired) electrons. The summed E-state index contributed by atoms with van der Waals surface area (Å²) in [4.78, 5) is 20.6. The van der Waals surface area contributed by atoms with Crippen LogP contribution in [0, 0.1) is 0 Å². The summed E-state index contributed by atoms with van der Waals surface area (Å²) in [6.45, 7) is 1.70. The van der Waals surface area contributed by atoms with E-state index in [-0.39, 0.29) is 6.61 Å². The van der Waals surface area contributed by atoms with Crippen molar-refractivity contribution in [3.05, 3.63) is 41.7 Å². The number of aliphatic hydroxyl groups excluding tert-OH is 1. The van der Waals surface area contributed by atoms with Gasteiger partial charge in [0.05, 0.1) is 19.7 Å². The molecule has 0 spiro atoms. The zero-order valence-corrected chi connectivity index (χ0v) is 18.7. The minimum Gasteiger partial charge on any atom is -0.616 e. The molecule has 3 aromatic rings. The largest absolute Gasteiger partial charge is 0.616 e. The highest BCUT2D eigenvalue weighted by molar-refractivity contribution is 8.00. The Labute approximate surface area is 188 Å². The first-order valence-corrected chi connectivity index (χ1v) is 12.8. The SMILES string of the molecule is [O-][S+]1CCN(c2nc(NCCO)nc3c(SC4Cc5ccccc5C4)ncnc23)CC1. The van der Waals surface area contributed by atoms with Gasteiger partial charge in [0.1, 0.15) is 33.9 Å². The summed E-state index contributed by atoms with van der Waals surface area (Å²) in [7, 11) is 0. The van der Waals surface area contributed by atoms with E-state index in [1.165, 1.54) is 11.1 Å². The minimum atomic E-state index is -0.776. The van der Waals surface area contributed by atoms with Gasteiger partial charge in [-0.2, -0.15) is 4.98 Å². The molecular weight excluding hydrogens is 432 g/mol. The number of hydrogen-bond donors (Lipinski definition) is 2. The second-order valence-electron chi connectivity index (χ2n) is 7.65. The first-order valence-electron chi connectivity index (χ1n) is 10.4. The van der Waals surface area contributed by atoms with Crippen LogP contribution in [0.1, 0.15) is 11.1 Å². The van der Waals surface area contributed by atoms with E-state index in [4.69, 9.17) is 4.98 Å². The number of benzene rings is 1. The van der Waals surface area contributed by atoms with Crippen molar-refractivity contribution in [2.24, 2.45) is 0 Å². The van der Waals surface area contributed by atoms with Crippen molar-refractivity contribution in [3.8, 4) is 0 Å². The van der Waals surface area contributed by atoms with Crippen LogP contribution in [-0.4, -0.2) is 72.6 Å². The Balaban J connectivity index is 1.49. The number of nitrogens with zero attached hydrogens (tertiary/aromatic N) is 5. The Hall–Kier alpha value is -2.14. The van der Waals surface area contributed by atoms with Gasteiger partial charge in [-0.25, -0.2) is 15.0 Å². The fourth-order valence-corrected chi connectivity index (χ4v) is 6.33. The summed E-state index contributed by atoms with van der Waals surface area (Å²) in [5.74, 6) is 2.44. The zero-order valence-electron chi connectivity index (χ0n) is 17.0. The molecule has 0 amide bonds. The molecule has 2 aromatic heterocycles. The standard InChI is InChI=1S/C21H24N6O2S2/c28-8-5-22-21-25-18-17(19(26-21)27-6-9-31(29)10-7-27)23-13-24-20(18)30-16-11-14-3-1-2-4-15(14)12-16/h1-4,13,16,28H,5-12H2,(H,22,25,26). The molecule has 1 aliphatic carbocycles. The number of thioether (sulfide) groups is 1. The molecule has 0 saturated carbocycles. The molecule has 8 nitrogen and oxygen atoms in total. The number of rotatable bonds is 6. The van der Waals surface area contributed by atoms with Crippen molar-refractivity contribution in [2.45, 2.75) is 23.1 Å². The van der Waals surface area contributed by atoms with Crippen molar-refractivity contribution >= 4 is 45.7 Å². The van der Waals surface area contributed by atoms with E-state index in [0.717, 1.165) is 34.7 Å². The van der Waals surface area contributed by atoms with E-state index in [0.29, 0.717) is 42.3 Å². The predicted octanol–water partition coefficient (Wildman–Crippen LogP) is 1.65. The molecule has 3 heterocycles. The molecule has 10 heteroatoms. The quantitative estimate of drug-likeness (QED) is 0.422. The molecule has 5 rings (SSSR count). The van der Waals surface area contributed by atoms with Gasteiger partial charge >= 0.3 is 0 Å². The van der Waals surface area contributed by atoms with Gasteiger partial charge in [-0.15, -0.1) is 0 Å². The molecule has 1 fully saturated rings. The Bertz CT molecular complexity index is 1050. The van der Waals surface area contributed by atoms with Gasteiger partial charge in [-0.3, -0.25) is 0 Å². The van der Waals surface area contributed by atoms with E-state index in [9.17, 15) is 9.66 Å². The molecule has 0 atom stereocenters. The van der Waals surface area contributed by atoms with Crippen molar-refractivity contribution in [1.29, 1.82) is 0 Å². The topological polar surface area (TPSA) is 110 Å². The summed E-state index contributed by atoms with van der Waals surface area (Å²) >= 11 is 0.963. The molecule has 2 aliphatic rings. The van der Waals surface area contributed by atoms with Gasteiger partial charge in [-0.1, -0.05) is 47.2 Å². The molecule has 1 aromatic carbocycles. The first kappa shape index (κ1) is 20.7. The van der Waals surface area contributed by atoms with Crippen LogP contribution in [0.15, 0.2) is 35.6 Å². The molecule has 1 aliphatic heterocycles. The Morgan fingerprint density at radius 2 is 1.84 bits per heavy atom. The van der Waals surface area contributed by atoms with Gasteiger partial charge in [0.2, 0.25) is 5.95 Å². The molecule has 31 heavy (non-hydrogen) atoms. The number of anilines is 2. The third-order valence-electron chi connectivity index (χ3n) is 5.59. The van der Waals surface area contributed by atoms with E-state index < -0.39 is 11.2 Å². The van der Waals surface area contributed by atoms with Gasteiger partial charge in [-0.05, 0) is 24.0 Å². The zero-order chi connectivity index (χ0) is 21.2. The normalized spacial score (nSPS) is 17.3. The summed E-state index contributed by atoms with van der Waals surface area (Å²) in [6, 6.07) is 8.59. The second-order valence-corrected chi connectivity index (χ2v) is 10.6. The average molecular weight is 457 g/mol. The maximum absolute atomic E-state index is 11.8. The van der Waals surface area contributed by atoms with Crippen LogP contribution in [0.5, 0.6) is 0 Å². The maximum Gasteiger partial charge on any atom is 0.225 e. The van der Waals surface area contributed by atoms with Crippen LogP contribution >= 0.6 is 11.8 Å². The van der Waals surface area contributed by atoms with Crippen molar-refractivity contribution in [3.63, 3.8) is 0 Å². The Morgan fingerprint density at radius 3 is 2.55 bits per heavy atom. The van der Waals surface area contributed by atoms with Gasteiger partial charge in [0, 0.05) is 11.8 Å². The third kappa shape index (κ3) is 4.43. The van der Waals surface area contributed by atoms with Crippen LogP contribution in [0.2, 0.25) is 0 Å². The van der Waals surface area contributed by atoms with Crippen LogP contribution in [0.4, 0.5) is 11.8 Å². The molecule has 2 N–H and O–H groups in total. The number of hydrogen-bond acceptors (Lipinski definition) is 9. The van der Waals surface area contributed by atoms with Gasteiger partial charge in [0.25, 0.3) is 0 Å². The minimum absolute atomic E-state index is 0.00729. The molecule has 1 saturated heterocycles. The predicted molar refractivity (Wildman–Crippen MR) is 124 cm³/mol. The highest BCUT2D eigenvalue weighted by Gasteiger charge is 2.27. The van der Waals surface area contributed by atoms with E-state index >= 15 is 0 Å². The Morgan fingerprint density at radius 1 is 1.10 bits per heavy atom. The number of nitrogens with one attached hydrogen (secondary N) is 1. The lowest BCUT2D eigenvalue weighted by Gasteiger charge is -2.29. The molecule has 162 valence electrons. The highest BCUT2D eigenvalue weighted by atomic mass is 32.2. The first-order chi connectivity index (χ1) is 15.2. The van der Waals surface area contributed by atoms with Crippen LogP contribution in [-0.2, 0) is 24.0 Å². The van der Waals surface area contributed by atoms with Crippen LogP contribution < -0.4 is 10.2 Å². The average Bonchev–Trinajstić information content (AvgIpc) is 3.20. The van der Waals surface area contributed by atoms with Crippen LogP contribution in [0.3, 0.4) is 0 Å². The highest BCUT2D eigenvalue weighted by Crippen LogP contribution is 2.37. The van der Waals surface area contributed by atoms with Crippen molar-refractivity contribution in [2.75, 3.05) is 48.0 Å². The van der Waals surface area contributed by atoms with E-state index in [1.54, 1.807) is 18.1 Å². The van der Waals surface area contributed by atoms with E-state index in [2.05, 4.69) is 49.4 Å². The molecule has 0 bridgehead atoms. The molecule has 0 unspecified atom stereocenters. The fraction of sp³-hybridized carbons (Fsp3) is 0.429. The lowest BCUT2D eigenvalue weighted by Crippen LogP contribution is -2.41. The van der Waals surface area contributed by atoms with Crippen molar-refractivity contribution < 1.29 is 9.66 Å². The maximum atomic E-state index is 11.8. The molecular formula is C21H24N6O2S2.